The Hall–Kier alpha value is -1.81. The van der Waals surface area contributed by atoms with Crippen LogP contribution >= 0.6 is 11.6 Å². The summed E-state index contributed by atoms with van der Waals surface area (Å²) >= 11 is 6.33. The van der Waals surface area contributed by atoms with Crippen molar-refractivity contribution in [3.8, 4) is 5.88 Å². The molecule has 5 heteroatoms. The van der Waals surface area contributed by atoms with E-state index in [0.29, 0.717) is 24.1 Å². The second-order valence-electron chi connectivity index (χ2n) is 4.10. The lowest BCUT2D eigenvalue weighted by molar-refractivity contribution is 0.396. The molecular weight excluding hydrogens is 262 g/mol. The van der Waals surface area contributed by atoms with Gasteiger partial charge in [0.15, 0.2) is 0 Å². The van der Waals surface area contributed by atoms with Crippen molar-refractivity contribution < 1.29 is 4.74 Å². The highest BCUT2D eigenvalue weighted by molar-refractivity contribution is 6.21. The summed E-state index contributed by atoms with van der Waals surface area (Å²) in [5, 5.41) is 3.09. The second kappa shape index (κ2) is 6.38. The van der Waals surface area contributed by atoms with E-state index in [-0.39, 0.29) is 5.38 Å². The average Bonchev–Trinajstić information content (AvgIpc) is 2.45. The molecule has 1 aromatic heterocycles. The molecule has 19 heavy (non-hydrogen) atoms. The van der Waals surface area contributed by atoms with Crippen LogP contribution in [0.1, 0.15) is 16.8 Å². The van der Waals surface area contributed by atoms with Gasteiger partial charge in [-0.15, -0.1) is 11.6 Å². The quantitative estimate of drug-likeness (QED) is 0.853. The summed E-state index contributed by atoms with van der Waals surface area (Å²) in [5.41, 5.74) is 1.08. The van der Waals surface area contributed by atoms with Crippen molar-refractivity contribution in [1.82, 2.24) is 9.97 Å². The standard InChI is InChI=1S/C14H16ClN3O/c1-10-17-13(8-14(18-10)19-2)16-9-12(15)11-6-4-3-5-7-11/h3-8,12H,9H2,1-2H3,(H,16,17,18). The fraction of sp³-hybridized carbons (Fsp3) is 0.286. The molecule has 1 atom stereocenters. The van der Waals surface area contributed by atoms with Crippen molar-refractivity contribution in [2.24, 2.45) is 0 Å². The number of rotatable bonds is 5. The third kappa shape index (κ3) is 3.83. The van der Waals surface area contributed by atoms with Crippen LogP contribution in [0.15, 0.2) is 36.4 Å². The van der Waals surface area contributed by atoms with E-state index in [0.717, 1.165) is 5.56 Å². The molecule has 0 spiro atoms. The van der Waals surface area contributed by atoms with Crippen LogP contribution in [-0.4, -0.2) is 23.6 Å². The number of nitrogens with zero attached hydrogens (tertiary/aromatic N) is 2. The highest BCUT2D eigenvalue weighted by Crippen LogP contribution is 2.21. The highest BCUT2D eigenvalue weighted by Gasteiger charge is 2.08. The van der Waals surface area contributed by atoms with Crippen LogP contribution in [0.25, 0.3) is 0 Å². The second-order valence-corrected chi connectivity index (χ2v) is 4.63. The smallest absolute Gasteiger partial charge is 0.218 e. The zero-order chi connectivity index (χ0) is 13.7. The van der Waals surface area contributed by atoms with E-state index in [1.165, 1.54) is 0 Å². The first-order valence-corrected chi connectivity index (χ1v) is 6.45. The van der Waals surface area contributed by atoms with E-state index >= 15 is 0 Å². The molecule has 2 rings (SSSR count). The number of aryl methyl sites for hydroxylation is 1. The van der Waals surface area contributed by atoms with Gasteiger partial charge in [-0.05, 0) is 12.5 Å². The van der Waals surface area contributed by atoms with Crippen molar-refractivity contribution >= 4 is 17.4 Å². The zero-order valence-corrected chi connectivity index (χ0v) is 11.7. The van der Waals surface area contributed by atoms with Crippen LogP contribution < -0.4 is 10.1 Å². The minimum atomic E-state index is -0.109. The molecule has 0 saturated carbocycles. The Labute approximate surface area is 117 Å². The SMILES string of the molecule is COc1cc(NCC(Cl)c2ccccc2)nc(C)n1. The van der Waals surface area contributed by atoms with Crippen LogP contribution in [0.2, 0.25) is 0 Å². The topological polar surface area (TPSA) is 47.0 Å². The number of anilines is 1. The van der Waals surface area contributed by atoms with Crippen LogP contribution in [-0.2, 0) is 0 Å². The fourth-order valence-electron chi connectivity index (χ4n) is 1.71. The number of hydrogen-bond acceptors (Lipinski definition) is 4. The van der Waals surface area contributed by atoms with Gasteiger partial charge < -0.3 is 10.1 Å². The highest BCUT2D eigenvalue weighted by atomic mass is 35.5. The molecule has 1 aromatic carbocycles. The van der Waals surface area contributed by atoms with Gasteiger partial charge in [-0.2, -0.15) is 4.98 Å². The van der Waals surface area contributed by atoms with E-state index in [1.54, 1.807) is 13.2 Å². The first kappa shape index (κ1) is 13.6. The predicted molar refractivity (Wildman–Crippen MR) is 76.8 cm³/mol. The molecule has 0 aliphatic rings. The van der Waals surface area contributed by atoms with Crippen LogP contribution in [0.3, 0.4) is 0 Å². The van der Waals surface area contributed by atoms with Gasteiger partial charge in [-0.1, -0.05) is 30.3 Å². The van der Waals surface area contributed by atoms with Gasteiger partial charge in [0.1, 0.15) is 11.6 Å². The number of hydrogen-bond donors (Lipinski definition) is 1. The molecule has 100 valence electrons. The summed E-state index contributed by atoms with van der Waals surface area (Å²) in [6.07, 6.45) is 0. The Balaban J connectivity index is 2.01. The Bertz CT molecular complexity index is 533. The molecule has 1 unspecified atom stereocenters. The Kier molecular flexibility index (Phi) is 4.58. The molecule has 0 aliphatic heterocycles. The van der Waals surface area contributed by atoms with Gasteiger partial charge in [0, 0.05) is 12.6 Å². The molecule has 0 radical (unpaired) electrons. The first-order chi connectivity index (χ1) is 9.19. The van der Waals surface area contributed by atoms with Crippen molar-refractivity contribution in [2.75, 3.05) is 19.0 Å². The molecule has 1 heterocycles. The number of aromatic nitrogens is 2. The lowest BCUT2D eigenvalue weighted by Crippen LogP contribution is -2.10. The van der Waals surface area contributed by atoms with Gasteiger partial charge in [0.25, 0.3) is 0 Å². The Morgan fingerprint density at radius 3 is 2.68 bits per heavy atom. The third-order valence-electron chi connectivity index (χ3n) is 2.65. The number of nitrogens with one attached hydrogen (secondary N) is 1. The van der Waals surface area contributed by atoms with E-state index in [9.17, 15) is 0 Å². The van der Waals surface area contributed by atoms with Crippen LogP contribution in [0, 0.1) is 6.92 Å². The van der Waals surface area contributed by atoms with E-state index < -0.39 is 0 Å². The third-order valence-corrected chi connectivity index (χ3v) is 3.05. The van der Waals surface area contributed by atoms with Crippen molar-refractivity contribution in [3.63, 3.8) is 0 Å². The molecule has 0 saturated heterocycles. The monoisotopic (exact) mass is 277 g/mol. The summed E-state index contributed by atoms with van der Waals surface area (Å²) in [6, 6.07) is 11.7. The molecule has 0 amide bonds. The summed E-state index contributed by atoms with van der Waals surface area (Å²) < 4.78 is 5.10. The number of benzene rings is 1. The number of ether oxygens (including phenoxy) is 1. The fourth-order valence-corrected chi connectivity index (χ4v) is 1.93. The first-order valence-electron chi connectivity index (χ1n) is 6.01. The molecule has 0 bridgehead atoms. The molecule has 4 nitrogen and oxygen atoms in total. The van der Waals surface area contributed by atoms with E-state index in [1.807, 2.05) is 37.3 Å². The summed E-state index contributed by atoms with van der Waals surface area (Å²) in [4.78, 5) is 8.42. The molecule has 0 aliphatic carbocycles. The Morgan fingerprint density at radius 2 is 2.00 bits per heavy atom. The van der Waals surface area contributed by atoms with E-state index in [2.05, 4.69) is 15.3 Å². The van der Waals surface area contributed by atoms with Crippen molar-refractivity contribution in [3.05, 3.63) is 47.8 Å². The van der Waals surface area contributed by atoms with Crippen LogP contribution in [0.4, 0.5) is 5.82 Å². The van der Waals surface area contributed by atoms with Crippen molar-refractivity contribution in [2.45, 2.75) is 12.3 Å². The summed E-state index contributed by atoms with van der Waals surface area (Å²) in [7, 11) is 1.58. The maximum absolute atomic E-state index is 6.33. The maximum Gasteiger partial charge on any atom is 0.218 e. The van der Waals surface area contributed by atoms with Gasteiger partial charge in [-0.3, -0.25) is 0 Å². The lowest BCUT2D eigenvalue weighted by atomic mass is 10.1. The van der Waals surface area contributed by atoms with Gasteiger partial charge in [-0.25, -0.2) is 4.98 Å². The largest absolute Gasteiger partial charge is 0.481 e. The molecule has 1 N–H and O–H groups in total. The van der Waals surface area contributed by atoms with Gasteiger partial charge >= 0.3 is 0 Å². The zero-order valence-electron chi connectivity index (χ0n) is 10.9. The predicted octanol–water partition coefficient (Wildman–Crippen LogP) is 3.19. The van der Waals surface area contributed by atoms with Crippen LogP contribution in [0.5, 0.6) is 5.88 Å². The summed E-state index contributed by atoms with van der Waals surface area (Å²) in [6.45, 7) is 2.41. The van der Waals surface area contributed by atoms with E-state index in [4.69, 9.17) is 16.3 Å². The van der Waals surface area contributed by atoms with Gasteiger partial charge in [0.2, 0.25) is 5.88 Å². The normalized spacial score (nSPS) is 11.9. The minimum absolute atomic E-state index is 0.109. The number of halogens is 1. The lowest BCUT2D eigenvalue weighted by Gasteiger charge is -2.12. The number of methoxy groups -OCH3 is 1. The Morgan fingerprint density at radius 1 is 1.26 bits per heavy atom. The maximum atomic E-state index is 6.33. The molecule has 0 fully saturated rings. The molecule has 2 aromatic rings. The minimum Gasteiger partial charge on any atom is -0.481 e. The molecular formula is C14H16ClN3O. The summed E-state index contributed by atoms with van der Waals surface area (Å²) in [5.74, 6) is 1.92. The van der Waals surface area contributed by atoms with Gasteiger partial charge in [0.05, 0.1) is 12.5 Å². The van der Waals surface area contributed by atoms with Crippen molar-refractivity contribution in [1.29, 1.82) is 0 Å². The number of alkyl halides is 1. The average molecular weight is 278 g/mol.